The molecule has 1 aromatic rings. The quantitative estimate of drug-likeness (QED) is 0.643. The number of amides is 1. The van der Waals surface area contributed by atoms with E-state index in [4.69, 9.17) is 0 Å². The maximum atomic E-state index is 11.5. The van der Waals surface area contributed by atoms with Crippen LogP contribution in [0.4, 0.5) is 0 Å². The van der Waals surface area contributed by atoms with Crippen LogP contribution in [0.1, 0.15) is 10.4 Å². The number of benzene rings is 1. The Balaban J connectivity index is 3.11. The molecule has 1 aromatic carbocycles. The molecule has 5 nitrogen and oxygen atoms in total. The molecule has 0 saturated heterocycles. The van der Waals surface area contributed by atoms with Gasteiger partial charge in [0, 0.05) is 5.56 Å². The van der Waals surface area contributed by atoms with E-state index in [1.54, 1.807) is 0 Å². The zero-order chi connectivity index (χ0) is 12.5. The summed E-state index contributed by atoms with van der Waals surface area (Å²) >= 11 is 3.72. The standard InChI is InChI=1S/C8H7I2NO4S/c1-16(14,15)11-8(13)4-2-5(9)7(12)6(10)3-4/h2-3,12H,1H3,(H,11,13). The van der Waals surface area contributed by atoms with Crippen LogP contribution < -0.4 is 4.72 Å². The Hall–Kier alpha value is -0.100. The molecule has 0 aliphatic heterocycles. The number of halogens is 2. The Morgan fingerprint density at radius 3 is 2.12 bits per heavy atom. The maximum Gasteiger partial charge on any atom is 0.264 e. The van der Waals surface area contributed by atoms with Gasteiger partial charge < -0.3 is 5.11 Å². The second-order valence-electron chi connectivity index (χ2n) is 2.99. The molecule has 0 aliphatic carbocycles. The Morgan fingerprint density at radius 1 is 1.31 bits per heavy atom. The summed E-state index contributed by atoms with van der Waals surface area (Å²) in [5, 5.41) is 9.48. The summed E-state index contributed by atoms with van der Waals surface area (Å²) in [4.78, 5) is 11.5. The lowest BCUT2D eigenvalue weighted by molar-refractivity contribution is 0.0981. The third-order valence-corrected chi connectivity index (χ3v) is 3.76. The van der Waals surface area contributed by atoms with Crippen molar-refractivity contribution < 1.29 is 18.3 Å². The van der Waals surface area contributed by atoms with E-state index >= 15 is 0 Å². The number of phenols is 1. The van der Waals surface area contributed by atoms with Gasteiger partial charge in [-0.15, -0.1) is 0 Å². The first-order valence-electron chi connectivity index (χ1n) is 3.91. The number of hydrogen-bond donors (Lipinski definition) is 2. The predicted octanol–water partition coefficient (Wildman–Crippen LogP) is 1.29. The monoisotopic (exact) mass is 467 g/mol. The molecule has 0 fully saturated rings. The molecule has 2 N–H and O–H groups in total. The fourth-order valence-electron chi connectivity index (χ4n) is 0.924. The van der Waals surface area contributed by atoms with Gasteiger partial charge in [-0.25, -0.2) is 13.1 Å². The Bertz CT molecular complexity index is 518. The highest BCUT2D eigenvalue weighted by molar-refractivity contribution is 14.1. The zero-order valence-electron chi connectivity index (χ0n) is 7.99. The van der Waals surface area contributed by atoms with Crippen molar-refractivity contribution in [1.82, 2.24) is 4.72 Å². The molecule has 1 rings (SSSR count). The minimum absolute atomic E-state index is 0.0807. The molecular formula is C8H7I2NO4S. The SMILES string of the molecule is CS(=O)(=O)NC(=O)c1cc(I)c(O)c(I)c1. The molecule has 0 aromatic heterocycles. The molecule has 0 atom stereocenters. The van der Waals surface area contributed by atoms with E-state index in [9.17, 15) is 18.3 Å². The van der Waals surface area contributed by atoms with Gasteiger partial charge in [-0.05, 0) is 57.3 Å². The van der Waals surface area contributed by atoms with Crippen LogP contribution in [0, 0.1) is 7.14 Å². The van der Waals surface area contributed by atoms with Crippen molar-refractivity contribution in [2.24, 2.45) is 0 Å². The van der Waals surface area contributed by atoms with Crippen molar-refractivity contribution in [1.29, 1.82) is 0 Å². The molecule has 0 radical (unpaired) electrons. The summed E-state index contributed by atoms with van der Waals surface area (Å²) in [6.07, 6.45) is 0.904. The van der Waals surface area contributed by atoms with E-state index in [2.05, 4.69) is 0 Å². The van der Waals surface area contributed by atoms with Crippen molar-refractivity contribution in [2.45, 2.75) is 0 Å². The maximum absolute atomic E-state index is 11.5. The minimum Gasteiger partial charge on any atom is -0.506 e. The van der Waals surface area contributed by atoms with Crippen LogP contribution in [0.2, 0.25) is 0 Å². The van der Waals surface area contributed by atoms with E-state index in [1.165, 1.54) is 12.1 Å². The lowest BCUT2D eigenvalue weighted by Crippen LogP contribution is -2.29. The number of rotatable bonds is 2. The Labute approximate surface area is 120 Å². The number of carbonyl (C=O) groups is 1. The topological polar surface area (TPSA) is 83.5 Å². The Morgan fingerprint density at radius 2 is 1.75 bits per heavy atom. The molecule has 0 saturated carbocycles. The highest BCUT2D eigenvalue weighted by Gasteiger charge is 2.14. The number of hydrogen-bond acceptors (Lipinski definition) is 4. The molecule has 0 spiro atoms. The smallest absolute Gasteiger partial charge is 0.264 e. The van der Waals surface area contributed by atoms with Gasteiger partial charge in [0.2, 0.25) is 10.0 Å². The summed E-state index contributed by atoms with van der Waals surface area (Å²) in [5.41, 5.74) is 0.192. The van der Waals surface area contributed by atoms with Gasteiger partial charge in [-0.3, -0.25) is 4.79 Å². The molecular weight excluding hydrogens is 460 g/mol. The molecule has 0 unspecified atom stereocenters. The number of aromatic hydroxyl groups is 1. The van der Waals surface area contributed by atoms with Crippen LogP contribution in [0.25, 0.3) is 0 Å². The van der Waals surface area contributed by atoms with E-state index in [-0.39, 0.29) is 11.3 Å². The fraction of sp³-hybridized carbons (Fsp3) is 0.125. The molecule has 0 aliphatic rings. The first-order valence-corrected chi connectivity index (χ1v) is 7.96. The predicted molar refractivity (Wildman–Crippen MR) is 75.9 cm³/mol. The summed E-state index contributed by atoms with van der Waals surface area (Å²) in [7, 11) is -3.57. The summed E-state index contributed by atoms with van der Waals surface area (Å²) in [6.45, 7) is 0. The molecule has 16 heavy (non-hydrogen) atoms. The third-order valence-electron chi connectivity index (χ3n) is 1.56. The van der Waals surface area contributed by atoms with Gasteiger partial charge >= 0.3 is 0 Å². The molecule has 1 amide bonds. The van der Waals surface area contributed by atoms with Gasteiger partial charge in [0.25, 0.3) is 5.91 Å². The van der Waals surface area contributed by atoms with Crippen LogP contribution in [-0.4, -0.2) is 25.7 Å². The van der Waals surface area contributed by atoms with Crippen molar-refractivity contribution in [3.63, 3.8) is 0 Å². The average molecular weight is 467 g/mol. The van der Waals surface area contributed by atoms with Crippen LogP contribution in [0.5, 0.6) is 5.75 Å². The minimum atomic E-state index is -3.57. The van der Waals surface area contributed by atoms with Crippen LogP contribution in [0.3, 0.4) is 0 Å². The van der Waals surface area contributed by atoms with E-state index in [0.717, 1.165) is 6.26 Å². The molecule has 0 bridgehead atoms. The number of sulfonamides is 1. The van der Waals surface area contributed by atoms with E-state index in [0.29, 0.717) is 7.14 Å². The van der Waals surface area contributed by atoms with E-state index < -0.39 is 15.9 Å². The molecule has 88 valence electrons. The highest BCUT2D eigenvalue weighted by Crippen LogP contribution is 2.27. The lowest BCUT2D eigenvalue weighted by Gasteiger charge is -2.06. The normalized spacial score (nSPS) is 11.2. The van der Waals surface area contributed by atoms with Crippen molar-refractivity contribution in [2.75, 3.05) is 6.26 Å². The van der Waals surface area contributed by atoms with Gasteiger partial charge in [0.1, 0.15) is 5.75 Å². The number of carbonyl (C=O) groups excluding carboxylic acids is 1. The van der Waals surface area contributed by atoms with Crippen LogP contribution in [0.15, 0.2) is 12.1 Å². The van der Waals surface area contributed by atoms with Crippen LogP contribution >= 0.6 is 45.2 Å². The zero-order valence-corrected chi connectivity index (χ0v) is 13.1. The lowest BCUT2D eigenvalue weighted by atomic mass is 10.2. The summed E-state index contributed by atoms with van der Waals surface area (Å²) in [6, 6.07) is 2.83. The van der Waals surface area contributed by atoms with Gasteiger partial charge in [-0.2, -0.15) is 0 Å². The third kappa shape index (κ3) is 3.73. The fourth-order valence-corrected chi connectivity index (χ4v) is 3.15. The van der Waals surface area contributed by atoms with Crippen molar-refractivity contribution >= 4 is 61.1 Å². The molecule has 0 heterocycles. The first kappa shape index (κ1) is 14.0. The van der Waals surface area contributed by atoms with Gasteiger partial charge in [0.05, 0.1) is 13.4 Å². The van der Waals surface area contributed by atoms with Crippen molar-refractivity contribution in [3.05, 3.63) is 24.8 Å². The average Bonchev–Trinajstić information content (AvgIpc) is 2.10. The second kappa shape index (κ2) is 5.04. The van der Waals surface area contributed by atoms with Crippen LogP contribution in [-0.2, 0) is 10.0 Å². The largest absolute Gasteiger partial charge is 0.506 e. The second-order valence-corrected chi connectivity index (χ2v) is 7.06. The Kier molecular flexibility index (Phi) is 4.40. The first-order chi connectivity index (χ1) is 7.20. The number of nitrogens with one attached hydrogen (secondary N) is 1. The highest BCUT2D eigenvalue weighted by atomic mass is 127. The van der Waals surface area contributed by atoms with Crippen molar-refractivity contribution in [3.8, 4) is 5.75 Å². The van der Waals surface area contributed by atoms with E-state index in [1.807, 2.05) is 49.9 Å². The van der Waals surface area contributed by atoms with Gasteiger partial charge in [-0.1, -0.05) is 0 Å². The van der Waals surface area contributed by atoms with Gasteiger partial charge in [0.15, 0.2) is 0 Å². The molecule has 8 heteroatoms. The number of phenolic OH excluding ortho intramolecular Hbond substituents is 1. The summed E-state index contributed by atoms with van der Waals surface area (Å²) < 4.78 is 24.6. The summed E-state index contributed by atoms with van der Waals surface area (Å²) in [5.74, 6) is -0.629.